The van der Waals surface area contributed by atoms with Crippen LogP contribution in [0.1, 0.15) is 53.1 Å². The Bertz CT molecular complexity index is 1120. The summed E-state index contributed by atoms with van der Waals surface area (Å²) in [5.74, 6) is 0.295. The van der Waals surface area contributed by atoms with Crippen molar-refractivity contribution in [2.45, 2.75) is 48.3 Å². The Morgan fingerprint density at radius 2 is 1.45 bits per heavy atom. The second-order valence-electron chi connectivity index (χ2n) is 8.21. The van der Waals surface area contributed by atoms with Crippen molar-refractivity contribution in [3.05, 3.63) is 102 Å². The fourth-order valence-electron chi connectivity index (χ4n) is 4.30. The molecule has 3 aromatic carbocycles. The summed E-state index contributed by atoms with van der Waals surface area (Å²) >= 11 is 0. The second-order valence-corrected chi connectivity index (χ2v) is 10.2. The highest BCUT2D eigenvalue weighted by atomic mass is 32.2. The third-order valence-corrected chi connectivity index (χ3v) is 7.69. The molecule has 0 unspecified atom stereocenters. The number of amides is 1. The number of sulfone groups is 1. The fraction of sp³-hybridized carbons (Fsp3) is 0.269. The first-order chi connectivity index (χ1) is 15.0. The molecule has 1 aliphatic rings. The number of hydrogen-bond donors (Lipinski definition) is 1. The Morgan fingerprint density at radius 1 is 0.806 bits per heavy atom. The summed E-state index contributed by atoms with van der Waals surface area (Å²) in [5.41, 5.74) is 2.50. The zero-order chi connectivity index (χ0) is 21.7. The predicted octanol–water partition coefficient (Wildman–Crippen LogP) is 5.12. The van der Waals surface area contributed by atoms with Gasteiger partial charge in [0.15, 0.2) is 9.84 Å². The summed E-state index contributed by atoms with van der Waals surface area (Å²) in [6.07, 6.45) is 4.02. The van der Waals surface area contributed by atoms with E-state index in [9.17, 15) is 13.2 Å². The lowest BCUT2D eigenvalue weighted by Crippen LogP contribution is -2.37. The minimum atomic E-state index is -3.45. The lowest BCUT2D eigenvalue weighted by Gasteiger charge is -2.29. The third-order valence-electron chi connectivity index (χ3n) is 5.98. The molecule has 0 bridgehead atoms. The van der Waals surface area contributed by atoms with Gasteiger partial charge in [0.05, 0.1) is 10.6 Å². The van der Waals surface area contributed by atoms with E-state index in [0.29, 0.717) is 21.9 Å². The van der Waals surface area contributed by atoms with Gasteiger partial charge in [-0.2, -0.15) is 0 Å². The van der Waals surface area contributed by atoms with Crippen molar-refractivity contribution in [2.24, 2.45) is 0 Å². The van der Waals surface area contributed by atoms with Crippen LogP contribution in [0.15, 0.2) is 89.8 Å². The van der Waals surface area contributed by atoms with Gasteiger partial charge in [0, 0.05) is 11.6 Å². The van der Waals surface area contributed by atoms with Crippen molar-refractivity contribution >= 4 is 15.7 Å². The molecule has 0 aromatic heterocycles. The van der Waals surface area contributed by atoms with Gasteiger partial charge < -0.3 is 5.32 Å². The molecule has 4 nitrogen and oxygen atoms in total. The van der Waals surface area contributed by atoms with Crippen LogP contribution in [0, 0.1) is 0 Å². The maximum Gasteiger partial charge on any atom is 0.251 e. The number of benzene rings is 3. The van der Waals surface area contributed by atoms with Crippen molar-refractivity contribution in [3.63, 3.8) is 0 Å². The molecular formula is C26H27NO3S. The van der Waals surface area contributed by atoms with Crippen LogP contribution in [0.2, 0.25) is 0 Å². The van der Waals surface area contributed by atoms with Crippen LogP contribution in [-0.4, -0.2) is 20.4 Å². The van der Waals surface area contributed by atoms with Crippen LogP contribution < -0.4 is 5.32 Å². The summed E-state index contributed by atoms with van der Waals surface area (Å²) < 4.78 is 25.3. The Morgan fingerprint density at radius 3 is 2.13 bits per heavy atom. The minimum Gasteiger partial charge on any atom is -0.349 e. The summed E-state index contributed by atoms with van der Waals surface area (Å²) in [7, 11) is -3.45. The molecular weight excluding hydrogens is 406 g/mol. The number of rotatable bonds is 6. The molecule has 1 fully saturated rings. The number of nitrogens with one attached hydrogen (secondary N) is 1. The van der Waals surface area contributed by atoms with Crippen LogP contribution in [0.25, 0.3) is 0 Å². The topological polar surface area (TPSA) is 63.2 Å². The first-order valence-electron chi connectivity index (χ1n) is 10.7. The van der Waals surface area contributed by atoms with Crippen LogP contribution in [-0.2, 0) is 15.6 Å². The lowest BCUT2D eigenvalue weighted by molar-refractivity contribution is 0.0925. The van der Waals surface area contributed by atoms with Gasteiger partial charge in [0.2, 0.25) is 0 Å². The quantitative estimate of drug-likeness (QED) is 0.587. The SMILES string of the molecule is O=C(NC1CCC(c2ccccc2)CC1)c1cccc(CS(=O)(=O)c2ccccc2)c1. The fourth-order valence-corrected chi connectivity index (χ4v) is 5.65. The second kappa shape index (κ2) is 9.48. The average Bonchev–Trinajstić information content (AvgIpc) is 2.81. The van der Waals surface area contributed by atoms with Gasteiger partial charge in [-0.3, -0.25) is 4.79 Å². The molecule has 0 radical (unpaired) electrons. The van der Waals surface area contributed by atoms with E-state index >= 15 is 0 Å². The summed E-state index contributed by atoms with van der Waals surface area (Å²) in [6, 6.07) is 26.0. The molecule has 4 rings (SSSR count). The molecule has 0 spiro atoms. The minimum absolute atomic E-state index is 0.125. The smallest absolute Gasteiger partial charge is 0.251 e. The predicted molar refractivity (Wildman–Crippen MR) is 123 cm³/mol. The number of carbonyl (C=O) groups is 1. The Hall–Kier alpha value is -2.92. The zero-order valence-electron chi connectivity index (χ0n) is 17.4. The first-order valence-corrected chi connectivity index (χ1v) is 12.4. The van der Waals surface area contributed by atoms with E-state index < -0.39 is 9.84 Å². The van der Waals surface area contributed by atoms with Gasteiger partial charge >= 0.3 is 0 Å². The van der Waals surface area contributed by atoms with E-state index in [1.54, 1.807) is 54.6 Å². The first kappa shape index (κ1) is 21.3. The van der Waals surface area contributed by atoms with Crippen molar-refractivity contribution in [1.29, 1.82) is 0 Å². The monoisotopic (exact) mass is 433 g/mol. The molecule has 5 heteroatoms. The molecule has 31 heavy (non-hydrogen) atoms. The number of carbonyl (C=O) groups excluding carboxylic acids is 1. The highest BCUT2D eigenvalue weighted by Crippen LogP contribution is 2.32. The van der Waals surface area contributed by atoms with Gasteiger partial charge in [-0.15, -0.1) is 0 Å². The zero-order valence-corrected chi connectivity index (χ0v) is 18.2. The summed E-state index contributed by atoms with van der Waals surface area (Å²) in [6.45, 7) is 0. The molecule has 0 aliphatic heterocycles. The molecule has 0 saturated heterocycles. The molecule has 1 amide bonds. The van der Waals surface area contributed by atoms with Crippen LogP contribution in [0.3, 0.4) is 0 Å². The van der Waals surface area contributed by atoms with Crippen molar-refractivity contribution in [3.8, 4) is 0 Å². The Labute approximate surface area is 184 Å². The van der Waals surface area contributed by atoms with Gasteiger partial charge in [-0.05, 0) is 67.0 Å². The van der Waals surface area contributed by atoms with E-state index in [0.717, 1.165) is 25.7 Å². The summed E-state index contributed by atoms with van der Waals surface area (Å²) in [5, 5.41) is 3.14. The molecule has 1 N–H and O–H groups in total. The lowest BCUT2D eigenvalue weighted by atomic mass is 9.82. The standard InChI is InChI=1S/C26H27NO3S/c28-26(27-24-16-14-22(15-17-24)21-9-3-1-4-10-21)23-11-7-8-20(18-23)19-31(29,30)25-12-5-2-6-13-25/h1-13,18,22,24H,14-17,19H2,(H,27,28). The normalized spacial score (nSPS) is 19.0. The van der Waals surface area contributed by atoms with Gasteiger partial charge in [0.25, 0.3) is 5.91 Å². The molecule has 160 valence electrons. The van der Waals surface area contributed by atoms with Crippen molar-refractivity contribution in [2.75, 3.05) is 0 Å². The van der Waals surface area contributed by atoms with Crippen LogP contribution in [0.4, 0.5) is 0 Å². The van der Waals surface area contributed by atoms with Gasteiger partial charge in [-0.25, -0.2) is 8.42 Å². The summed E-state index contributed by atoms with van der Waals surface area (Å²) in [4.78, 5) is 13.1. The highest BCUT2D eigenvalue weighted by Gasteiger charge is 2.24. The maximum atomic E-state index is 12.8. The van der Waals surface area contributed by atoms with Crippen molar-refractivity contribution < 1.29 is 13.2 Å². The Kier molecular flexibility index (Phi) is 6.52. The van der Waals surface area contributed by atoms with E-state index in [1.165, 1.54) is 5.56 Å². The largest absolute Gasteiger partial charge is 0.349 e. The maximum absolute atomic E-state index is 12.8. The third kappa shape index (κ3) is 5.42. The van der Waals surface area contributed by atoms with Gasteiger partial charge in [0.1, 0.15) is 0 Å². The number of hydrogen-bond acceptors (Lipinski definition) is 3. The van der Waals surface area contributed by atoms with E-state index in [1.807, 2.05) is 6.07 Å². The molecule has 0 heterocycles. The molecule has 3 aromatic rings. The Balaban J connectivity index is 1.37. The van der Waals surface area contributed by atoms with Crippen molar-refractivity contribution in [1.82, 2.24) is 5.32 Å². The van der Waals surface area contributed by atoms with Gasteiger partial charge in [-0.1, -0.05) is 60.7 Å². The van der Waals surface area contributed by atoms with E-state index in [4.69, 9.17) is 0 Å². The van der Waals surface area contributed by atoms with E-state index in [-0.39, 0.29) is 17.7 Å². The van der Waals surface area contributed by atoms with Crippen LogP contribution >= 0.6 is 0 Å². The highest BCUT2D eigenvalue weighted by molar-refractivity contribution is 7.90. The molecule has 1 saturated carbocycles. The molecule has 0 atom stereocenters. The van der Waals surface area contributed by atoms with E-state index in [2.05, 4.69) is 29.6 Å². The average molecular weight is 434 g/mol. The molecule has 1 aliphatic carbocycles. The van der Waals surface area contributed by atoms with Crippen LogP contribution in [0.5, 0.6) is 0 Å².